The minimum absolute atomic E-state index is 0.0546. The first-order chi connectivity index (χ1) is 12.5. The van der Waals surface area contributed by atoms with E-state index in [1.165, 1.54) is 13.2 Å². The van der Waals surface area contributed by atoms with Gasteiger partial charge in [-0.3, -0.25) is 14.6 Å². The summed E-state index contributed by atoms with van der Waals surface area (Å²) < 4.78 is 19.3. The average molecular weight is 355 g/mol. The van der Waals surface area contributed by atoms with Gasteiger partial charge in [-0.05, 0) is 62.1 Å². The summed E-state index contributed by atoms with van der Waals surface area (Å²) in [6, 6.07) is 4.76. The van der Waals surface area contributed by atoms with Crippen LogP contribution in [0.4, 0.5) is 4.39 Å². The van der Waals surface area contributed by atoms with Crippen LogP contribution in [-0.2, 0) is 19.7 Å². The Morgan fingerprint density at radius 1 is 1.35 bits per heavy atom. The molecule has 136 valence electrons. The zero-order chi connectivity index (χ0) is 18.5. The Hall–Kier alpha value is -2.30. The zero-order valence-electron chi connectivity index (χ0n) is 15.1. The van der Waals surface area contributed by atoms with E-state index in [9.17, 15) is 14.0 Å². The highest BCUT2D eigenvalue weighted by Crippen LogP contribution is 2.47. The standard InChI is InChI=1S/C21H22FNO3/c1-12-15(4-3-5-16(12)22)21(20(25)26-2)9-8-17-14(11-21)19(24)10-18(23-17)13-6-7-13/h3-5,13H,6-11H2,1-2H3. The van der Waals surface area contributed by atoms with Gasteiger partial charge in [0.15, 0.2) is 5.78 Å². The topological polar surface area (TPSA) is 55.7 Å². The molecule has 0 radical (unpaired) electrons. The lowest BCUT2D eigenvalue weighted by atomic mass is 9.66. The van der Waals surface area contributed by atoms with Crippen molar-refractivity contribution in [2.24, 2.45) is 10.9 Å². The summed E-state index contributed by atoms with van der Waals surface area (Å²) in [6.45, 7) is 1.67. The first kappa shape index (κ1) is 17.1. The molecule has 5 heteroatoms. The third-order valence-electron chi connectivity index (χ3n) is 5.98. The Morgan fingerprint density at radius 3 is 2.81 bits per heavy atom. The molecule has 0 aromatic heterocycles. The lowest BCUT2D eigenvalue weighted by molar-refractivity contribution is -0.148. The molecular formula is C21H22FNO3. The number of carbonyl (C=O) groups is 2. The van der Waals surface area contributed by atoms with Gasteiger partial charge >= 0.3 is 5.97 Å². The predicted octanol–water partition coefficient (Wildman–Crippen LogP) is 3.81. The first-order valence-corrected chi connectivity index (χ1v) is 9.13. The highest BCUT2D eigenvalue weighted by Gasteiger charge is 2.48. The molecule has 1 aliphatic heterocycles. The number of nitrogens with zero attached hydrogens (tertiary/aromatic N) is 1. The van der Waals surface area contributed by atoms with Crippen LogP contribution in [0.25, 0.3) is 0 Å². The summed E-state index contributed by atoms with van der Waals surface area (Å²) in [5.74, 6) is -0.248. The molecule has 1 unspecified atom stereocenters. The van der Waals surface area contributed by atoms with Crippen LogP contribution in [0.15, 0.2) is 34.5 Å². The molecule has 1 saturated carbocycles. The number of benzene rings is 1. The number of Topliss-reactive ketones (excluding diaryl/α,β-unsaturated/α-hetero) is 1. The minimum Gasteiger partial charge on any atom is -0.468 e. The normalized spacial score (nSPS) is 25.7. The summed E-state index contributed by atoms with van der Waals surface area (Å²) in [7, 11) is 1.34. The summed E-state index contributed by atoms with van der Waals surface area (Å²) >= 11 is 0. The molecule has 1 aromatic rings. The summed E-state index contributed by atoms with van der Waals surface area (Å²) in [6.07, 6.45) is 3.81. The van der Waals surface area contributed by atoms with Crippen LogP contribution in [0.3, 0.4) is 0 Å². The number of methoxy groups -OCH3 is 1. The van der Waals surface area contributed by atoms with Crippen LogP contribution in [0.5, 0.6) is 0 Å². The number of hydrogen-bond donors (Lipinski definition) is 0. The van der Waals surface area contributed by atoms with E-state index >= 15 is 0 Å². The van der Waals surface area contributed by atoms with Gasteiger partial charge in [0.1, 0.15) is 5.82 Å². The van der Waals surface area contributed by atoms with Crippen molar-refractivity contribution in [2.45, 2.75) is 50.9 Å². The van der Waals surface area contributed by atoms with Crippen LogP contribution in [0.2, 0.25) is 0 Å². The maximum atomic E-state index is 14.2. The fraction of sp³-hybridized carbons (Fsp3) is 0.476. The highest BCUT2D eigenvalue weighted by atomic mass is 19.1. The van der Waals surface area contributed by atoms with E-state index in [1.807, 2.05) is 0 Å². The molecule has 26 heavy (non-hydrogen) atoms. The number of carbonyl (C=O) groups excluding carboxylic acids is 2. The second kappa shape index (κ2) is 6.15. The molecule has 1 aromatic carbocycles. The molecule has 1 heterocycles. The SMILES string of the molecule is COC(=O)C1(c2cccc(F)c2C)CCC2=C(C1)C(=O)CC(C1CC1)=N2. The lowest BCUT2D eigenvalue weighted by Crippen LogP contribution is -2.42. The van der Waals surface area contributed by atoms with E-state index in [0.717, 1.165) is 24.3 Å². The zero-order valence-corrected chi connectivity index (χ0v) is 15.1. The Labute approximate surface area is 152 Å². The monoisotopic (exact) mass is 355 g/mol. The highest BCUT2D eigenvalue weighted by molar-refractivity contribution is 6.14. The predicted molar refractivity (Wildman–Crippen MR) is 95.5 cm³/mol. The summed E-state index contributed by atoms with van der Waals surface area (Å²) in [5, 5.41) is 0. The second-order valence-electron chi connectivity index (χ2n) is 7.57. The van der Waals surface area contributed by atoms with E-state index in [4.69, 9.17) is 9.73 Å². The molecular weight excluding hydrogens is 333 g/mol. The van der Waals surface area contributed by atoms with Crippen molar-refractivity contribution in [2.75, 3.05) is 7.11 Å². The van der Waals surface area contributed by atoms with Crippen molar-refractivity contribution < 1.29 is 18.7 Å². The van der Waals surface area contributed by atoms with Gasteiger partial charge in [0.05, 0.1) is 12.5 Å². The minimum atomic E-state index is -1.03. The molecule has 0 amide bonds. The Bertz CT molecular complexity index is 866. The number of rotatable bonds is 3. The molecule has 2 aliphatic carbocycles. The van der Waals surface area contributed by atoms with Crippen molar-refractivity contribution in [1.29, 1.82) is 0 Å². The van der Waals surface area contributed by atoms with E-state index < -0.39 is 11.4 Å². The molecule has 1 atom stereocenters. The van der Waals surface area contributed by atoms with Crippen molar-refractivity contribution in [3.63, 3.8) is 0 Å². The van der Waals surface area contributed by atoms with Gasteiger partial charge in [-0.25, -0.2) is 4.39 Å². The number of ketones is 1. The number of allylic oxidation sites excluding steroid dienone is 2. The van der Waals surface area contributed by atoms with E-state index in [1.54, 1.807) is 19.1 Å². The van der Waals surface area contributed by atoms with E-state index in [0.29, 0.717) is 41.9 Å². The van der Waals surface area contributed by atoms with Gasteiger partial charge in [0.25, 0.3) is 0 Å². The Morgan fingerprint density at radius 2 is 2.12 bits per heavy atom. The number of ether oxygens (including phenoxy) is 1. The van der Waals surface area contributed by atoms with Gasteiger partial charge in [0, 0.05) is 23.4 Å². The van der Waals surface area contributed by atoms with Crippen molar-refractivity contribution in [3.8, 4) is 0 Å². The summed E-state index contributed by atoms with van der Waals surface area (Å²) in [5.41, 5.74) is 2.46. The molecule has 0 N–H and O–H groups in total. The Balaban J connectivity index is 1.80. The molecule has 4 rings (SSSR count). The first-order valence-electron chi connectivity index (χ1n) is 9.13. The molecule has 0 saturated heterocycles. The van der Waals surface area contributed by atoms with Crippen LogP contribution in [0.1, 0.15) is 49.7 Å². The number of aliphatic imine (C=N–C) groups is 1. The smallest absolute Gasteiger partial charge is 0.316 e. The Kier molecular flexibility index (Phi) is 4.05. The molecule has 0 spiro atoms. The maximum Gasteiger partial charge on any atom is 0.316 e. The quantitative estimate of drug-likeness (QED) is 0.775. The van der Waals surface area contributed by atoms with E-state index in [-0.39, 0.29) is 18.0 Å². The largest absolute Gasteiger partial charge is 0.468 e. The fourth-order valence-electron chi connectivity index (χ4n) is 4.33. The molecule has 1 fully saturated rings. The fourth-order valence-corrected chi connectivity index (χ4v) is 4.33. The van der Waals surface area contributed by atoms with Gasteiger partial charge in [-0.15, -0.1) is 0 Å². The van der Waals surface area contributed by atoms with Crippen molar-refractivity contribution >= 4 is 17.5 Å². The van der Waals surface area contributed by atoms with Crippen molar-refractivity contribution in [1.82, 2.24) is 0 Å². The number of esters is 1. The number of halogens is 1. The van der Waals surface area contributed by atoms with Gasteiger partial charge in [0.2, 0.25) is 0 Å². The van der Waals surface area contributed by atoms with Gasteiger partial charge in [-0.2, -0.15) is 0 Å². The van der Waals surface area contributed by atoms with Crippen LogP contribution < -0.4 is 0 Å². The second-order valence-corrected chi connectivity index (χ2v) is 7.57. The van der Waals surface area contributed by atoms with Gasteiger partial charge < -0.3 is 4.74 Å². The third kappa shape index (κ3) is 2.61. The van der Waals surface area contributed by atoms with Crippen LogP contribution >= 0.6 is 0 Å². The molecule has 3 aliphatic rings. The lowest BCUT2D eigenvalue weighted by Gasteiger charge is -2.38. The number of hydrogen-bond acceptors (Lipinski definition) is 4. The maximum absolute atomic E-state index is 14.2. The summed E-state index contributed by atoms with van der Waals surface area (Å²) in [4.78, 5) is 30.3. The van der Waals surface area contributed by atoms with Gasteiger partial charge in [-0.1, -0.05) is 12.1 Å². The van der Waals surface area contributed by atoms with Crippen LogP contribution in [-0.4, -0.2) is 24.6 Å². The average Bonchev–Trinajstić information content (AvgIpc) is 3.48. The molecule has 0 bridgehead atoms. The van der Waals surface area contributed by atoms with E-state index in [2.05, 4.69) is 0 Å². The third-order valence-corrected chi connectivity index (χ3v) is 5.98. The van der Waals surface area contributed by atoms with Crippen LogP contribution in [0, 0.1) is 18.7 Å². The van der Waals surface area contributed by atoms with Crippen molar-refractivity contribution in [3.05, 3.63) is 46.4 Å². The molecule has 4 nitrogen and oxygen atoms in total.